The number of anilines is 1. The van der Waals surface area contributed by atoms with E-state index in [9.17, 15) is 4.79 Å². The molecule has 0 aromatic carbocycles. The molecular weight excluding hydrogens is 236 g/mol. The highest BCUT2D eigenvalue weighted by Gasteiger charge is 2.25. The molecule has 17 heavy (non-hydrogen) atoms. The number of carbonyl (C=O) groups is 1. The summed E-state index contributed by atoms with van der Waals surface area (Å²) in [5, 5.41) is 11.6. The van der Waals surface area contributed by atoms with Crippen LogP contribution in [0.2, 0.25) is 0 Å². The molecular formula is C12H18N2O2S. The van der Waals surface area contributed by atoms with Crippen LogP contribution in [-0.4, -0.2) is 28.6 Å². The van der Waals surface area contributed by atoms with Gasteiger partial charge in [0.05, 0.1) is 12.1 Å². The van der Waals surface area contributed by atoms with Crippen molar-refractivity contribution in [2.24, 2.45) is 5.92 Å². The van der Waals surface area contributed by atoms with Gasteiger partial charge in [-0.2, -0.15) is 0 Å². The van der Waals surface area contributed by atoms with Gasteiger partial charge in [0.15, 0.2) is 5.13 Å². The van der Waals surface area contributed by atoms with E-state index in [-0.39, 0.29) is 6.42 Å². The van der Waals surface area contributed by atoms with E-state index in [0.29, 0.717) is 11.7 Å². The number of carboxylic acids is 1. The number of piperidine rings is 1. The summed E-state index contributed by atoms with van der Waals surface area (Å²) in [5.41, 5.74) is 0.670. The van der Waals surface area contributed by atoms with Gasteiger partial charge < -0.3 is 10.0 Å². The van der Waals surface area contributed by atoms with E-state index in [2.05, 4.69) is 23.7 Å². The predicted molar refractivity (Wildman–Crippen MR) is 68.7 cm³/mol. The first-order chi connectivity index (χ1) is 8.06. The average molecular weight is 254 g/mol. The summed E-state index contributed by atoms with van der Waals surface area (Å²) in [4.78, 5) is 17.3. The normalized spacial score (nSPS) is 24.9. The fourth-order valence-electron chi connectivity index (χ4n) is 2.36. The highest BCUT2D eigenvalue weighted by Crippen LogP contribution is 2.30. The molecule has 2 heterocycles. The lowest BCUT2D eigenvalue weighted by atomic mass is 9.94. The summed E-state index contributed by atoms with van der Waals surface area (Å²) >= 11 is 1.55. The number of thiazole rings is 1. The van der Waals surface area contributed by atoms with Gasteiger partial charge in [-0.15, -0.1) is 11.3 Å². The minimum absolute atomic E-state index is 0.0229. The van der Waals surface area contributed by atoms with Crippen LogP contribution in [0.3, 0.4) is 0 Å². The molecule has 94 valence electrons. The smallest absolute Gasteiger partial charge is 0.309 e. The van der Waals surface area contributed by atoms with E-state index in [1.165, 1.54) is 12.8 Å². The topological polar surface area (TPSA) is 53.4 Å². The molecule has 1 fully saturated rings. The van der Waals surface area contributed by atoms with Gasteiger partial charge in [0.1, 0.15) is 0 Å². The third-order valence-electron chi connectivity index (χ3n) is 3.26. The van der Waals surface area contributed by atoms with Gasteiger partial charge in [0, 0.05) is 18.0 Å². The molecule has 5 heteroatoms. The van der Waals surface area contributed by atoms with Crippen molar-refractivity contribution in [2.75, 3.05) is 11.4 Å². The molecule has 1 aliphatic rings. The Morgan fingerprint density at radius 3 is 3.06 bits per heavy atom. The number of aromatic nitrogens is 1. The van der Waals surface area contributed by atoms with Crippen LogP contribution in [-0.2, 0) is 11.2 Å². The minimum atomic E-state index is -0.817. The van der Waals surface area contributed by atoms with Crippen molar-refractivity contribution in [3.05, 3.63) is 11.1 Å². The summed E-state index contributed by atoms with van der Waals surface area (Å²) in [6.07, 6.45) is 2.40. The second-order valence-corrected chi connectivity index (χ2v) is 5.70. The maximum Gasteiger partial charge on any atom is 0.309 e. The first-order valence-corrected chi connectivity index (χ1v) is 6.87. The molecule has 1 N–H and O–H groups in total. The Bertz CT molecular complexity index is 405. The zero-order chi connectivity index (χ0) is 12.4. The van der Waals surface area contributed by atoms with E-state index in [0.717, 1.165) is 17.6 Å². The van der Waals surface area contributed by atoms with E-state index in [4.69, 9.17) is 5.11 Å². The van der Waals surface area contributed by atoms with Crippen molar-refractivity contribution in [3.8, 4) is 0 Å². The Hall–Kier alpha value is -1.10. The number of hydrogen-bond donors (Lipinski definition) is 1. The summed E-state index contributed by atoms with van der Waals surface area (Å²) < 4.78 is 0. The third kappa shape index (κ3) is 2.97. The molecule has 1 aliphatic heterocycles. The maximum atomic E-state index is 10.6. The van der Waals surface area contributed by atoms with E-state index < -0.39 is 5.97 Å². The van der Waals surface area contributed by atoms with E-state index in [1.54, 1.807) is 11.3 Å². The minimum Gasteiger partial charge on any atom is -0.481 e. The van der Waals surface area contributed by atoms with Gasteiger partial charge in [0.2, 0.25) is 0 Å². The van der Waals surface area contributed by atoms with Crippen molar-refractivity contribution >= 4 is 22.4 Å². The van der Waals surface area contributed by atoms with Gasteiger partial charge in [-0.1, -0.05) is 6.92 Å². The average Bonchev–Trinajstić information content (AvgIpc) is 2.65. The highest BCUT2D eigenvalue weighted by molar-refractivity contribution is 7.13. The monoisotopic (exact) mass is 254 g/mol. The Morgan fingerprint density at radius 2 is 2.41 bits per heavy atom. The second kappa shape index (κ2) is 5.04. The molecule has 0 bridgehead atoms. The molecule has 2 unspecified atom stereocenters. The molecule has 0 spiro atoms. The first kappa shape index (κ1) is 12.4. The lowest BCUT2D eigenvalue weighted by Gasteiger charge is -2.36. The first-order valence-electron chi connectivity index (χ1n) is 5.99. The van der Waals surface area contributed by atoms with Gasteiger partial charge in [-0.3, -0.25) is 4.79 Å². The Labute approximate surface area is 105 Å². The van der Waals surface area contributed by atoms with Crippen molar-refractivity contribution in [2.45, 2.75) is 39.2 Å². The number of nitrogens with zero attached hydrogens (tertiary/aromatic N) is 2. The Morgan fingerprint density at radius 1 is 1.65 bits per heavy atom. The van der Waals surface area contributed by atoms with E-state index >= 15 is 0 Å². The quantitative estimate of drug-likeness (QED) is 0.900. The van der Waals surface area contributed by atoms with Crippen LogP contribution in [0.25, 0.3) is 0 Å². The number of rotatable bonds is 3. The standard InChI is InChI=1S/C12H18N2O2S/c1-8-3-4-14(9(2)5-8)12-13-10(7-17-12)6-11(15)16/h7-9H,3-6H2,1-2H3,(H,15,16). The molecule has 0 saturated carbocycles. The van der Waals surface area contributed by atoms with Crippen LogP contribution in [0.1, 0.15) is 32.4 Å². The molecule has 1 aromatic rings. The summed E-state index contributed by atoms with van der Waals surface area (Å²) in [6, 6.07) is 0.502. The molecule has 2 atom stereocenters. The number of aliphatic carboxylic acids is 1. The van der Waals surface area contributed by atoms with Crippen molar-refractivity contribution < 1.29 is 9.90 Å². The van der Waals surface area contributed by atoms with Crippen LogP contribution < -0.4 is 4.90 Å². The lowest BCUT2D eigenvalue weighted by molar-refractivity contribution is -0.136. The van der Waals surface area contributed by atoms with Crippen LogP contribution in [0.4, 0.5) is 5.13 Å². The van der Waals surface area contributed by atoms with Gasteiger partial charge in [-0.25, -0.2) is 4.98 Å². The van der Waals surface area contributed by atoms with Gasteiger partial charge >= 0.3 is 5.97 Å². The van der Waals surface area contributed by atoms with Crippen molar-refractivity contribution in [1.29, 1.82) is 0 Å². The fourth-order valence-corrected chi connectivity index (χ4v) is 3.31. The van der Waals surface area contributed by atoms with Crippen LogP contribution in [0.5, 0.6) is 0 Å². The molecule has 0 radical (unpaired) electrons. The third-order valence-corrected chi connectivity index (χ3v) is 4.18. The fraction of sp³-hybridized carbons (Fsp3) is 0.667. The van der Waals surface area contributed by atoms with Gasteiger partial charge in [-0.05, 0) is 25.7 Å². The SMILES string of the molecule is CC1CCN(c2nc(CC(=O)O)cs2)C(C)C1. The lowest BCUT2D eigenvalue weighted by Crippen LogP contribution is -2.40. The zero-order valence-electron chi connectivity index (χ0n) is 10.2. The highest BCUT2D eigenvalue weighted by atomic mass is 32.1. The summed E-state index contributed by atoms with van der Waals surface area (Å²) in [5.74, 6) is -0.0399. The number of hydrogen-bond acceptors (Lipinski definition) is 4. The summed E-state index contributed by atoms with van der Waals surface area (Å²) in [7, 11) is 0. The van der Waals surface area contributed by atoms with Crippen LogP contribution in [0.15, 0.2) is 5.38 Å². The molecule has 1 aromatic heterocycles. The molecule has 2 rings (SSSR count). The molecule has 0 amide bonds. The maximum absolute atomic E-state index is 10.6. The zero-order valence-corrected chi connectivity index (χ0v) is 11.0. The predicted octanol–water partition coefficient (Wildman–Crippen LogP) is 2.40. The van der Waals surface area contributed by atoms with E-state index in [1.807, 2.05) is 5.38 Å². The second-order valence-electron chi connectivity index (χ2n) is 4.86. The van der Waals surface area contributed by atoms with Crippen LogP contribution in [0, 0.1) is 5.92 Å². The van der Waals surface area contributed by atoms with Crippen molar-refractivity contribution in [1.82, 2.24) is 4.98 Å². The Balaban J connectivity index is 2.06. The van der Waals surface area contributed by atoms with Crippen molar-refractivity contribution in [3.63, 3.8) is 0 Å². The number of carboxylic acid groups (broad SMARTS) is 1. The molecule has 0 aliphatic carbocycles. The molecule has 4 nitrogen and oxygen atoms in total. The molecule has 1 saturated heterocycles. The van der Waals surface area contributed by atoms with Crippen LogP contribution >= 0.6 is 11.3 Å². The Kier molecular flexibility index (Phi) is 3.66. The van der Waals surface area contributed by atoms with Gasteiger partial charge in [0.25, 0.3) is 0 Å². The largest absolute Gasteiger partial charge is 0.481 e. The summed E-state index contributed by atoms with van der Waals surface area (Å²) in [6.45, 7) is 5.53.